The number of hydrogen-bond acceptors (Lipinski definition) is 2. The van der Waals surface area contributed by atoms with Gasteiger partial charge in [-0.15, -0.1) is 0 Å². The molecule has 2 aromatic carbocycles. The monoisotopic (exact) mass is 354 g/mol. The van der Waals surface area contributed by atoms with Gasteiger partial charge >= 0.3 is 0 Å². The van der Waals surface area contributed by atoms with E-state index in [2.05, 4.69) is 95.3 Å². The third-order valence-corrected chi connectivity index (χ3v) is 10.3. The van der Waals surface area contributed by atoms with E-state index in [1.54, 1.807) is 0 Å². The zero-order valence-corrected chi connectivity index (χ0v) is 17.1. The first kappa shape index (κ1) is 18.4. The second kappa shape index (κ2) is 6.71. The predicted molar refractivity (Wildman–Crippen MR) is 107 cm³/mol. The predicted octanol–water partition coefficient (Wildman–Crippen LogP) is 3.99. The summed E-state index contributed by atoms with van der Waals surface area (Å²) in [7, 11) is -2.43. The Morgan fingerprint density at radius 3 is 1.68 bits per heavy atom. The lowest BCUT2D eigenvalue weighted by atomic mass is 9.91. The zero-order chi connectivity index (χ0) is 18.1. The molecule has 0 amide bonds. The van der Waals surface area contributed by atoms with Crippen LogP contribution in [0.4, 0.5) is 0 Å². The first-order chi connectivity index (χ1) is 11.8. The Bertz CT molecular complexity index is 645. The molecule has 0 bridgehead atoms. The lowest BCUT2D eigenvalue weighted by Crippen LogP contribution is -2.67. The van der Waals surface area contributed by atoms with Gasteiger partial charge in [-0.1, -0.05) is 95.3 Å². The molecule has 1 aliphatic rings. The fourth-order valence-corrected chi connectivity index (χ4v) is 8.39. The SMILES string of the molecule is CC(C)(CO[Si](c1ccccc1)(c1ccccc1)C(C)(C)C)[C@H]1CO1. The Morgan fingerprint density at radius 1 is 0.880 bits per heavy atom. The van der Waals surface area contributed by atoms with Crippen molar-refractivity contribution in [2.24, 2.45) is 5.41 Å². The van der Waals surface area contributed by atoms with Crippen LogP contribution in [0.5, 0.6) is 0 Å². The minimum absolute atomic E-state index is 0.0240. The Kier molecular flexibility index (Phi) is 4.93. The Hall–Kier alpha value is -1.42. The quantitative estimate of drug-likeness (QED) is 0.578. The molecule has 0 N–H and O–H groups in total. The molecule has 134 valence electrons. The first-order valence-electron chi connectivity index (χ1n) is 9.14. The summed E-state index contributed by atoms with van der Waals surface area (Å²) in [5.74, 6) is 0. The van der Waals surface area contributed by atoms with Gasteiger partial charge in [-0.05, 0) is 15.4 Å². The molecule has 0 aromatic heterocycles. The molecule has 2 nitrogen and oxygen atoms in total. The van der Waals surface area contributed by atoms with Crippen molar-refractivity contribution in [2.45, 2.75) is 45.8 Å². The number of rotatable bonds is 6. The maximum absolute atomic E-state index is 6.99. The lowest BCUT2D eigenvalue weighted by molar-refractivity contribution is 0.133. The molecule has 3 heteroatoms. The fraction of sp³-hybridized carbons (Fsp3) is 0.455. The summed E-state index contributed by atoms with van der Waals surface area (Å²) in [6.45, 7) is 13.0. The third kappa shape index (κ3) is 3.59. The van der Waals surface area contributed by atoms with E-state index in [0.29, 0.717) is 12.7 Å². The van der Waals surface area contributed by atoms with Gasteiger partial charge in [-0.3, -0.25) is 0 Å². The lowest BCUT2D eigenvalue weighted by Gasteiger charge is -2.44. The summed E-state index contributed by atoms with van der Waals surface area (Å²) < 4.78 is 12.6. The average molecular weight is 355 g/mol. The second-order valence-corrected chi connectivity index (χ2v) is 13.1. The maximum Gasteiger partial charge on any atom is 0.261 e. The van der Waals surface area contributed by atoms with Crippen molar-refractivity contribution in [1.82, 2.24) is 0 Å². The highest BCUT2D eigenvalue weighted by molar-refractivity contribution is 6.99. The molecule has 1 heterocycles. The van der Waals surface area contributed by atoms with Crippen molar-refractivity contribution in [3.05, 3.63) is 60.7 Å². The molecule has 0 unspecified atom stereocenters. The fourth-order valence-electron chi connectivity index (χ4n) is 3.65. The third-order valence-electron chi connectivity index (χ3n) is 5.28. The normalized spacial score (nSPS) is 18.2. The van der Waals surface area contributed by atoms with Crippen molar-refractivity contribution < 1.29 is 9.16 Å². The van der Waals surface area contributed by atoms with Gasteiger partial charge < -0.3 is 9.16 Å². The van der Waals surface area contributed by atoms with Crippen LogP contribution in [0.2, 0.25) is 5.04 Å². The van der Waals surface area contributed by atoms with Crippen molar-refractivity contribution in [2.75, 3.05) is 13.2 Å². The van der Waals surface area contributed by atoms with Crippen LogP contribution in [-0.4, -0.2) is 27.6 Å². The minimum Gasteiger partial charge on any atom is -0.407 e. The molecule has 1 aliphatic heterocycles. The molecular formula is C22H30O2Si. The van der Waals surface area contributed by atoms with E-state index in [4.69, 9.17) is 9.16 Å². The number of hydrogen-bond donors (Lipinski definition) is 0. The van der Waals surface area contributed by atoms with Gasteiger partial charge in [-0.2, -0.15) is 0 Å². The average Bonchev–Trinajstić information content (AvgIpc) is 3.42. The number of ether oxygens (including phenoxy) is 1. The summed E-state index contributed by atoms with van der Waals surface area (Å²) in [5, 5.41) is 2.69. The van der Waals surface area contributed by atoms with E-state index in [9.17, 15) is 0 Å². The molecule has 25 heavy (non-hydrogen) atoms. The summed E-state index contributed by atoms with van der Waals surface area (Å²) in [4.78, 5) is 0. The summed E-state index contributed by atoms with van der Waals surface area (Å²) in [6, 6.07) is 21.6. The summed E-state index contributed by atoms with van der Waals surface area (Å²) >= 11 is 0. The van der Waals surface area contributed by atoms with Crippen LogP contribution in [0.15, 0.2) is 60.7 Å². The smallest absolute Gasteiger partial charge is 0.261 e. The highest BCUT2D eigenvalue weighted by atomic mass is 28.4. The van der Waals surface area contributed by atoms with E-state index in [-0.39, 0.29) is 10.5 Å². The van der Waals surface area contributed by atoms with Crippen LogP contribution in [0.3, 0.4) is 0 Å². The minimum atomic E-state index is -2.43. The summed E-state index contributed by atoms with van der Waals surface area (Å²) in [6.07, 6.45) is 0.325. The van der Waals surface area contributed by atoms with E-state index >= 15 is 0 Å². The molecule has 0 saturated carbocycles. The van der Waals surface area contributed by atoms with E-state index in [1.165, 1.54) is 10.4 Å². The van der Waals surface area contributed by atoms with Crippen molar-refractivity contribution in [3.8, 4) is 0 Å². The highest BCUT2D eigenvalue weighted by Crippen LogP contribution is 2.39. The largest absolute Gasteiger partial charge is 0.407 e. The van der Waals surface area contributed by atoms with Gasteiger partial charge in [0.05, 0.1) is 12.7 Å². The van der Waals surface area contributed by atoms with E-state index < -0.39 is 8.32 Å². The van der Waals surface area contributed by atoms with Gasteiger partial charge in [0.15, 0.2) is 0 Å². The Labute approximate surface area is 153 Å². The molecular weight excluding hydrogens is 324 g/mol. The standard InChI is InChI=1S/C22H30O2Si/c1-21(2,3)25(18-12-8-6-9-13-18,19-14-10-7-11-15-19)24-17-22(4,5)20-16-23-20/h6-15,20H,16-17H2,1-5H3/t20-/m1/s1. The van der Waals surface area contributed by atoms with Gasteiger partial charge in [0.2, 0.25) is 0 Å². The van der Waals surface area contributed by atoms with Gasteiger partial charge in [0.25, 0.3) is 8.32 Å². The van der Waals surface area contributed by atoms with Crippen molar-refractivity contribution >= 4 is 18.7 Å². The Balaban J connectivity index is 2.08. The van der Waals surface area contributed by atoms with E-state index in [0.717, 1.165) is 6.61 Å². The van der Waals surface area contributed by atoms with Gasteiger partial charge in [-0.25, -0.2) is 0 Å². The zero-order valence-electron chi connectivity index (χ0n) is 16.1. The van der Waals surface area contributed by atoms with Crippen LogP contribution in [0.1, 0.15) is 34.6 Å². The molecule has 0 aliphatic carbocycles. The molecule has 1 saturated heterocycles. The Morgan fingerprint density at radius 2 is 1.32 bits per heavy atom. The van der Waals surface area contributed by atoms with Crippen molar-refractivity contribution in [3.63, 3.8) is 0 Å². The number of benzene rings is 2. The van der Waals surface area contributed by atoms with Crippen LogP contribution < -0.4 is 10.4 Å². The summed E-state index contributed by atoms with van der Waals surface area (Å²) in [5.41, 5.74) is 0.0348. The topological polar surface area (TPSA) is 21.8 Å². The van der Waals surface area contributed by atoms with Gasteiger partial charge in [0, 0.05) is 12.0 Å². The molecule has 1 fully saturated rings. The highest BCUT2D eigenvalue weighted by Gasteiger charge is 2.52. The second-order valence-electron chi connectivity index (χ2n) is 8.76. The maximum atomic E-state index is 6.99. The first-order valence-corrected chi connectivity index (χ1v) is 11.0. The van der Waals surface area contributed by atoms with Gasteiger partial charge in [0.1, 0.15) is 0 Å². The van der Waals surface area contributed by atoms with Crippen LogP contribution >= 0.6 is 0 Å². The molecule has 2 aromatic rings. The van der Waals surface area contributed by atoms with Crippen LogP contribution in [0.25, 0.3) is 0 Å². The number of epoxide rings is 1. The van der Waals surface area contributed by atoms with Crippen molar-refractivity contribution in [1.29, 1.82) is 0 Å². The molecule has 0 spiro atoms. The van der Waals surface area contributed by atoms with E-state index in [1.807, 2.05) is 0 Å². The molecule has 1 atom stereocenters. The molecule has 3 rings (SSSR count). The molecule has 0 radical (unpaired) electrons. The van der Waals surface area contributed by atoms with Crippen LogP contribution in [0, 0.1) is 5.41 Å². The van der Waals surface area contributed by atoms with Crippen LogP contribution in [-0.2, 0) is 9.16 Å².